The summed E-state index contributed by atoms with van der Waals surface area (Å²) in [5.41, 5.74) is -1.46. The molecule has 2 aromatic rings. The number of amides is 1. The first-order valence-corrected chi connectivity index (χ1v) is 11.5. The lowest BCUT2D eigenvalue weighted by Gasteiger charge is -2.24. The van der Waals surface area contributed by atoms with Crippen LogP contribution in [0.3, 0.4) is 0 Å². The van der Waals surface area contributed by atoms with E-state index in [1.807, 2.05) is 0 Å². The van der Waals surface area contributed by atoms with Gasteiger partial charge in [-0.15, -0.1) is 0 Å². The molecular weight excluding hydrogens is 496 g/mol. The highest BCUT2D eigenvalue weighted by molar-refractivity contribution is 7.92. The summed E-state index contributed by atoms with van der Waals surface area (Å²) >= 11 is 11.9. The summed E-state index contributed by atoms with van der Waals surface area (Å²) in [5, 5.41) is 2.05. The molecule has 0 aliphatic carbocycles. The van der Waals surface area contributed by atoms with Gasteiger partial charge in [0.15, 0.2) is 0 Å². The summed E-state index contributed by atoms with van der Waals surface area (Å²) in [6.45, 7) is 0.884. The molecule has 0 aliphatic heterocycles. The van der Waals surface area contributed by atoms with Gasteiger partial charge in [-0.2, -0.15) is 13.2 Å². The molecule has 13 heteroatoms. The molecule has 0 bridgehead atoms. The minimum Gasteiger partial charge on any atom is -0.462 e. The van der Waals surface area contributed by atoms with E-state index in [1.54, 1.807) is 6.92 Å². The fourth-order valence-corrected chi connectivity index (χ4v) is 3.95. The Hall–Kier alpha value is -2.50. The molecule has 0 aliphatic rings. The minimum absolute atomic E-state index is 0.0258. The number of sulfonamides is 1. The number of nitrogens with one attached hydrogen (secondary N) is 1. The zero-order valence-corrected chi connectivity index (χ0v) is 19.0. The third kappa shape index (κ3) is 6.50. The largest absolute Gasteiger partial charge is 0.462 e. The van der Waals surface area contributed by atoms with Crippen LogP contribution in [0.5, 0.6) is 0 Å². The van der Waals surface area contributed by atoms with Crippen LogP contribution in [-0.2, 0) is 25.7 Å². The lowest BCUT2D eigenvalue weighted by molar-refractivity contribution is -0.137. The van der Waals surface area contributed by atoms with Crippen LogP contribution in [0.2, 0.25) is 10.0 Å². The number of nitrogens with zero attached hydrogens (tertiary/aromatic N) is 1. The number of alkyl halides is 3. The van der Waals surface area contributed by atoms with Gasteiger partial charge in [0.2, 0.25) is 15.9 Å². The maximum absolute atomic E-state index is 13.0. The molecule has 0 aromatic heterocycles. The van der Waals surface area contributed by atoms with Gasteiger partial charge in [0.05, 0.1) is 39.7 Å². The van der Waals surface area contributed by atoms with Gasteiger partial charge < -0.3 is 10.1 Å². The maximum Gasteiger partial charge on any atom is 0.416 e. The Morgan fingerprint density at radius 3 is 2.28 bits per heavy atom. The van der Waals surface area contributed by atoms with Gasteiger partial charge >= 0.3 is 12.1 Å². The Balaban J connectivity index is 2.29. The predicted molar refractivity (Wildman–Crippen MR) is 115 cm³/mol. The molecule has 0 spiro atoms. The van der Waals surface area contributed by atoms with E-state index in [4.69, 9.17) is 27.9 Å². The molecule has 2 rings (SSSR count). The highest BCUT2D eigenvalue weighted by atomic mass is 35.5. The number of carbonyl (C=O) groups excluding carboxylic acids is 2. The maximum atomic E-state index is 13.0. The van der Waals surface area contributed by atoms with Crippen LogP contribution in [0.1, 0.15) is 22.8 Å². The number of benzene rings is 2. The van der Waals surface area contributed by atoms with Gasteiger partial charge in [-0.25, -0.2) is 13.2 Å². The number of ether oxygens (including phenoxy) is 1. The van der Waals surface area contributed by atoms with Crippen LogP contribution < -0.4 is 9.62 Å². The van der Waals surface area contributed by atoms with Crippen LogP contribution in [-0.4, -0.2) is 39.7 Å². The second-order valence-electron chi connectivity index (χ2n) is 6.40. The molecule has 0 saturated carbocycles. The summed E-state index contributed by atoms with van der Waals surface area (Å²) in [4.78, 5) is 24.2. The number of hydrogen-bond acceptors (Lipinski definition) is 5. The number of halogens is 5. The Labute approximate surface area is 192 Å². The van der Waals surface area contributed by atoms with E-state index in [0.29, 0.717) is 16.4 Å². The number of esters is 1. The van der Waals surface area contributed by atoms with Gasteiger partial charge in [-0.05, 0) is 43.3 Å². The summed E-state index contributed by atoms with van der Waals surface area (Å²) in [5.74, 6) is -1.55. The highest BCUT2D eigenvalue weighted by Gasteiger charge is 2.33. The molecule has 7 nitrogen and oxygen atoms in total. The van der Waals surface area contributed by atoms with Crippen LogP contribution in [0.15, 0.2) is 36.4 Å². The number of hydrogen-bond donors (Lipinski definition) is 1. The molecule has 32 heavy (non-hydrogen) atoms. The first kappa shape index (κ1) is 25.8. The number of rotatable bonds is 7. The van der Waals surface area contributed by atoms with Crippen molar-refractivity contribution in [1.82, 2.24) is 0 Å². The quantitative estimate of drug-likeness (QED) is 0.547. The smallest absolute Gasteiger partial charge is 0.416 e. The fraction of sp³-hybridized carbons (Fsp3) is 0.263. The topological polar surface area (TPSA) is 92.8 Å². The molecule has 0 radical (unpaired) electrons. The SMILES string of the molecule is CCOC(=O)c1ccc(NC(=O)CN(c2cc(C(F)(F)F)ccc2Cl)S(C)(=O)=O)cc1Cl. The molecule has 1 amide bonds. The normalized spacial score (nSPS) is 11.7. The van der Waals surface area contributed by atoms with E-state index >= 15 is 0 Å². The fourth-order valence-electron chi connectivity index (χ4n) is 2.56. The second kappa shape index (κ2) is 9.97. The minimum atomic E-state index is -4.75. The average molecular weight is 513 g/mol. The third-order valence-corrected chi connectivity index (χ3v) is 5.74. The van der Waals surface area contributed by atoms with E-state index in [-0.39, 0.29) is 27.9 Å². The van der Waals surface area contributed by atoms with Crippen molar-refractivity contribution in [2.45, 2.75) is 13.1 Å². The number of carbonyl (C=O) groups is 2. The van der Waals surface area contributed by atoms with Crippen molar-refractivity contribution in [2.75, 3.05) is 29.0 Å². The first-order chi connectivity index (χ1) is 14.7. The average Bonchev–Trinajstić information content (AvgIpc) is 2.65. The lowest BCUT2D eigenvalue weighted by Crippen LogP contribution is -2.37. The number of anilines is 2. The molecule has 0 unspecified atom stereocenters. The molecule has 2 aromatic carbocycles. The molecule has 0 heterocycles. The molecule has 174 valence electrons. The Morgan fingerprint density at radius 1 is 1.09 bits per heavy atom. The van der Waals surface area contributed by atoms with Gasteiger partial charge in [0.25, 0.3) is 0 Å². The van der Waals surface area contributed by atoms with E-state index in [2.05, 4.69) is 5.32 Å². The molecule has 0 fully saturated rings. The van der Waals surface area contributed by atoms with Crippen molar-refractivity contribution in [3.8, 4) is 0 Å². The van der Waals surface area contributed by atoms with E-state index in [1.165, 1.54) is 18.2 Å². The van der Waals surface area contributed by atoms with Crippen molar-refractivity contribution >= 4 is 56.5 Å². The van der Waals surface area contributed by atoms with Crippen molar-refractivity contribution in [3.05, 3.63) is 57.6 Å². The van der Waals surface area contributed by atoms with Gasteiger partial charge in [-0.1, -0.05) is 23.2 Å². The van der Waals surface area contributed by atoms with E-state index < -0.39 is 45.9 Å². The molecule has 0 saturated heterocycles. The summed E-state index contributed by atoms with van der Waals surface area (Å²) < 4.78 is 68.8. The molecule has 1 N–H and O–H groups in total. The Bertz CT molecular complexity index is 1140. The van der Waals surface area contributed by atoms with E-state index in [9.17, 15) is 31.2 Å². The van der Waals surface area contributed by atoms with Gasteiger partial charge in [0, 0.05) is 5.69 Å². The van der Waals surface area contributed by atoms with Crippen molar-refractivity contribution in [2.24, 2.45) is 0 Å². The summed E-state index contributed by atoms with van der Waals surface area (Å²) in [7, 11) is -4.19. The van der Waals surface area contributed by atoms with Gasteiger partial charge in [-0.3, -0.25) is 9.10 Å². The van der Waals surface area contributed by atoms with Crippen molar-refractivity contribution < 1.29 is 35.9 Å². The zero-order valence-electron chi connectivity index (χ0n) is 16.7. The summed E-state index contributed by atoms with van der Waals surface area (Å²) in [6, 6.07) is 6.00. The van der Waals surface area contributed by atoms with Crippen LogP contribution in [0, 0.1) is 0 Å². The second-order valence-corrected chi connectivity index (χ2v) is 9.12. The monoisotopic (exact) mass is 512 g/mol. The third-order valence-electron chi connectivity index (χ3n) is 3.98. The standard InChI is InChI=1S/C19H17Cl2F3N2O5S/c1-3-31-18(28)13-6-5-12(9-15(13)21)25-17(27)10-26(32(2,29)30)16-8-11(19(22,23)24)4-7-14(16)20/h4-9H,3,10H2,1-2H3,(H,25,27). The highest BCUT2D eigenvalue weighted by Crippen LogP contribution is 2.36. The van der Waals surface area contributed by atoms with Crippen LogP contribution >= 0.6 is 23.2 Å². The van der Waals surface area contributed by atoms with Crippen LogP contribution in [0.4, 0.5) is 24.5 Å². The van der Waals surface area contributed by atoms with Crippen molar-refractivity contribution in [3.63, 3.8) is 0 Å². The van der Waals surface area contributed by atoms with Gasteiger partial charge in [0.1, 0.15) is 6.54 Å². The van der Waals surface area contributed by atoms with Crippen molar-refractivity contribution in [1.29, 1.82) is 0 Å². The van der Waals surface area contributed by atoms with Crippen LogP contribution in [0.25, 0.3) is 0 Å². The Morgan fingerprint density at radius 2 is 1.75 bits per heavy atom. The zero-order chi connectivity index (χ0) is 24.3. The predicted octanol–water partition coefficient (Wildman–Crippen LogP) is 4.59. The Kier molecular flexibility index (Phi) is 8.02. The molecule has 0 atom stereocenters. The summed E-state index contributed by atoms with van der Waals surface area (Å²) in [6.07, 6.45) is -4.02. The first-order valence-electron chi connectivity index (χ1n) is 8.85. The lowest BCUT2D eigenvalue weighted by atomic mass is 10.2. The molecular formula is C19H17Cl2F3N2O5S. The van der Waals surface area contributed by atoms with E-state index in [0.717, 1.165) is 12.3 Å².